The van der Waals surface area contributed by atoms with Crippen LogP contribution in [0.2, 0.25) is 0 Å². The van der Waals surface area contributed by atoms with Crippen LogP contribution in [0.3, 0.4) is 0 Å². The Morgan fingerprint density at radius 2 is 2.04 bits per heavy atom. The lowest BCUT2D eigenvalue weighted by atomic mass is 10.0. The normalized spacial score (nSPS) is 16.6. The van der Waals surface area contributed by atoms with Gasteiger partial charge in [-0.3, -0.25) is 9.59 Å². The molecule has 5 nitrogen and oxygen atoms in total. The van der Waals surface area contributed by atoms with Crippen molar-refractivity contribution in [2.24, 2.45) is 0 Å². The number of amides is 1. The lowest BCUT2D eigenvalue weighted by Gasteiger charge is -2.11. The molecule has 0 spiro atoms. The molecule has 1 aliphatic rings. The number of nitrogens with one attached hydrogen (secondary N) is 2. The minimum atomic E-state index is -4.62. The number of rotatable bonds is 2. The number of carbonyl (C=O) groups is 1. The Bertz CT molecular complexity index is 814. The fourth-order valence-electron chi connectivity index (χ4n) is 2.34. The summed E-state index contributed by atoms with van der Waals surface area (Å²) in [6, 6.07) is 7.47. The van der Waals surface area contributed by atoms with Crippen LogP contribution >= 0.6 is 0 Å². The standard InChI is InChI=1S/C15H11F3N2O3/c16-15(17,18)8-5-11(14(22)19-6-8)20-13(21)10-7-23-12-4-2-1-3-9(10)12/h1-6,10H,7H2,(H,19,22)(H,20,21)/t10-/m0/s1. The predicted octanol–water partition coefficient (Wildman–Crippen LogP) is 2.51. The first-order valence-corrected chi connectivity index (χ1v) is 6.69. The molecule has 2 aromatic rings. The minimum absolute atomic E-state index is 0.0715. The van der Waals surface area contributed by atoms with Crippen LogP contribution in [0.25, 0.3) is 0 Å². The van der Waals surface area contributed by atoms with E-state index in [4.69, 9.17) is 4.74 Å². The van der Waals surface area contributed by atoms with E-state index < -0.39 is 34.8 Å². The molecule has 1 atom stereocenters. The SMILES string of the molecule is O=C(Nc1cc(C(F)(F)F)c[nH]c1=O)[C@H]1COc2ccccc21. The summed E-state index contributed by atoms with van der Waals surface area (Å²) in [5.41, 5.74) is -1.67. The van der Waals surface area contributed by atoms with Gasteiger partial charge in [-0.15, -0.1) is 0 Å². The maximum Gasteiger partial charge on any atom is 0.417 e. The Hall–Kier alpha value is -2.77. The van der Waals surface area contributed by atoms with Crippen LogP contribution in [-0.4, -0.2) is 17.5 Å². The van der Waals surface area contributed by atoms with Crippen LogP contribution in [0.15, 0.2) is 41.3 Å². The van der Waals surface area contributed by atoms with Gasteiger partial charge in [0.05, 0.1) is 5.56 Å². The van der Waals surface area contributed by atoms with E-state index in [0.717, 1.165) is 0 Å². The van der Waals surface area contributed by atoms with Crippen molar-refractivity contribution < 1.29 is 22.7 Å². The van der Waals surface area contributed by atoms with E-state index in [0.29, 0.717) is 23.6 Å². The van der Waals surface area contributed by atoms with Gasteiger partial charge < -0.3 is 15.0 Å². The third kappa shape index (κ3) is 2.92. The molecule has 0 saturated heterocycles. The molecular weight excluding hydrogens is 313 g/mol. The van der Waals surface area contributed by atoms with Crippen LogP contribution in [-0.2, 0) is 11.0 Å². The van der Waals surface area contributed by atoms with Crippen molar-refractivity contribution in [2.45, 2.75) is 12.1 Å². The molecule has 1 aromatic carbocycles. The second-order valence-corrected chi connectivity index (χ2v) is 5.02. The molecule has 0 aliphatic carbocycles. The fourth-order valence-corrected chi connectivity index (χ4v) is 2.34. The number of aromatic amines is 1. The van der Waals surface area contributed by atoms with Gasteiger partial charge in [0.2, 0.25) is 5.91 Å². The van der Waals surface area contributed by atoms with Gasteiger partial charge in [0.25, 0.3) is 5.56 Å². The highest BCUT2D eigenvalue weighted by molar-refractivity contribution is 5.96. The third-order valence-electron chi connectivity index (χ3n) is 3.50. The molecule has 3 rings (SSSR count). The molecule has 1 aromatic heterocycles. The summed E-state index contributed by atoms with van der Waals surface area (Å²) in [5.74, 6) is -0.731. The summed E-state index contributed by atoms with van der Waals surface area (Å²) in [6.45, 7) is 0.0715. The van der Waals surface area contributed by atoms with Crippen LogP contribution in [0.4, 0.5) is 18.9 Å². The first-order chi connectivity index (χ1) is 10.9. The van der Waals surface area contributed by atoms with Crippen LogP contribution in [0, 0.1) is 0 Å². The number of para-hydroxylation sites is 1. The maximum absolute atomic E-state index is 12.7. The second kappa shape index (κ2) is 5.45. The number of pyridine rings is 1. The third-order valence-corrected chi connectivity index (χ3v) is 3.50. The molecule has 1 aliphatic heterocycles. The average Bonchev–Trinajstić information content (AvgIpc) is 2.92. The summed E-state index contributed by atoms with van der Waals surface area (Å²) in [6.07, 6.45) is -4.06. The smallest absolute Gasteiger partial charge is 0.417 e. The van der Waals surface area contributed by atoms with Gasteiger partial charge in [-0.05, 0) is 12.1 Å². The zero-order chi connectivity index (χ0) is 16.6. The number of H-pyrrole nitrogens is 1. The van der Waals surface area contributed by atoms with Crippen molar-refractivity contribution in [1.29, 1.82) is 0 Å². The molecule has 2 N–H and O–H groups in total. The maximum atomic E-state index is 12.7. The van der Waals surface area contributed by atoms with Gasteiger partial charge in [-0.25, -0.2) is 0 Å². The Balaban J connectivity index is 1.86. The molecule has 120 valence electrons. The first-order valence-electron chi connectivity index (χ1n) is 6.69. The molecule has 0 unspecified atom stereocenters. The van der Waals surface area contributed by atoms with Gasteiger partial charge in [-0.2, -0.15) is 13.2 Å². The summed E-state index contributed by atoms with van der Waals surface area (Å²) in [4.78, 5) is 25.9. The number of alkyl halides is 3. The van der Waals surface area contributed by atoms with E-state index in [1.807, 2.05) is 4.98 Å². The van der Waals surface area contributed by atoms with Crippen molar-refractivity contribution in [3.05, 3.63) is 58.0 Å². The monoisotopic (exact) mass is 324 g/mol. The zero-order valence-corrected chi connectivity index (χ0v) is 11.6. The molecule has 0 fully saturated rings. The molecule has 0 saturated carbocycles. The average molecular weight is 324 g/mol. The van der Waals surface area contributed by atoms with Gasteiger partial charge in [0, 0.05) is 11.8 Å². The zero-order valence-electron chi connectivity index (χ0n) is 11.6. The summed E-state index contributed by atoms with van der Waals surface area (Å²) < 4.78 is 43.4. The minimum Gasteiger partial charge on any atom is -0.492 e. The molecule has 1 amide bonds. The largest absolute Gasteiger partial charge is 0.492 e. The van der Waals surface area contributed by atoms with E-state index in [9.17, 15) is 22.8 Å². The van der Waals surface area contributed by atoms with Crippen molar-refractivity contribution in [2.75, 3.05) is 11.9 Å². The topological polar surface area (TPSA) is 71.2 Å². The van der Waals surface area contributed by atoms with Crippen LogP contribution in [0.5, 0.6) is 5.75 Å². The lowest BCUT2D eigenvalue weighted by Crippen LogP contribution is -2.26. The number of anilines is 1. The summed E-state index contributed by atoms with van der Waals surface area (Å²) in [5, 5.41) is 2.24. The van der Waals surface area contributed by atoms with Crippen molar-refractivity contribution in [3.63, 3.8) is 0 Å². The Kier molecular flexibility index (Phi) is 3.59. The van der Waals surface area contributed by atoms with Gasteiger partial charge in [-0.1, -0.05) is 18.2 Å². The highest BCUT2D eigenvalue weighted by atomic mass is 19.4. The second-order valence-electron chi connectivity index (χ2n) is 5.02. The summed E-state index contributed by atoms with van der Waals surface area (Å²) >= 11 is 0. The van der Waals surface area contributed by atoms with Crippen LogP contribution < -0.4 is 15.6 Å². The van der Waals surface area contributed by atoms with E-state index >= 15 is 0 Å². The van der Waals surface area contributed by atoms with Crippen molar-refractivity contribution in [3.8, 4) is 5.75 Å². The number of benzene rings is 1. The Morgan fingerprint density at radius 1 is 1.30 bits per heavy atom. The van der Waals surface area contributed by atoms with E-state index in [1.165, 1.54) is 0 Å². The number of aromatic nitrogens is 1. The number of hydrogen-bond acceptors (Lipinski definition) is 3. The van der Waals surface area contributed by atoms with E-state index in [2.05, 4.69) is 5.32 Å². The number of ether oxygens (including phenoxy) is 1. The number of fused-ring (bicyclic) bond motifs is 1. The lowest BCUT2D eigenvalue weighted by molar-refractivity contribution is -0.137. The van der Waals surface area contributed by atoms with Gasteiger partial charge in [0.15, 0.2) is 0 Å². The quantitative estimate of drug-likeness (QED) is 0.892. The summed E-state index contributed by atoms with van der Waals surface area (Å²) in [7, 11) is 0. The Labute approximate surface area is 128 Å². The first kappa shape index (κ1) is 15.1. The van der Waals surface area contributed by atoms with E-state index in [-0.39, 0.29) is 6.61 Å². The van der Waals surface area contributed by atoms with Gasteiger partial charge in [0.1, 0.15) is 24.0 Å². The molecule has 2 heterocycles. The highest BCUT2D eigenvalue weighted by Crippen LogP contribution is 2.34. The number of hydrogen-bond donors (Lipinski definition) is 2. The predicted molar refractivity (Wildman–Crippen MR) is 75.4 cm³/mol. The highest BCUT2D eigenvalue weighted by Gasteiger charge is 2.33. The fraction of sp³-hybridized carbons (Fsp3) is 0.200. The number of carbonyl (C=O) groups excluding carboxylic acids is 1. The molecule has 0 bridgehead atoms. The molecule has 0 radical (unpaired) electrons. The molecule has 8 heteroatoms. The van der Waals surface area contributed by atoms with Crippen LogP contribution in [0.1, 0.15) is 17.0 Å². The van der Waals surface area contributed by atoms with E-state index in [1.54, 1.807) is 24.3 Å². The van der Waals surface area contributed by atoms with Gasteiger partial charge >= 0.3 is 6.18 Å². The van der Waals surface area contributed by atoms with Crippen molar-refractivity contribution >= 4 is 11.6 Å². The van der Waals surface area contributed by atoms with Crippen molar-refractivity contribution in [1.82, 2.24) is 4.98 Å². The molecule has 23 heavy (non-hydrogen) atoms. The molecular formula is C15H11F3N2O3. The number of halogens is 3. The Morgan fingerprint density at radius 3 is 2.78 bits per heavy atom.